The fourth-order valence-corrected chi connectivity index (χ4v) is 2.20. The highest BCUT2D eigenvalue weighted by Crippen LogP contribution is 2.23. The summed E-state index contributed by atoms with van der Waals surface area (Å²) < 4.78 is 0. The minimum atomic E-state index is -0.421. The number of likely N-dealkylation sites (N-methyl/N-ethyl adjacent to an activating group) is 1. The lowest BCUT2D eigenvalue weighted by Gasteiger charge is -2.05. The van der Waals surface area contributed by atoms with E-state index in [0.717, 1.165) is 16.3 Å². The standard InChI is InChI=1S/C18H17NO2/c1-12-8-9-14(17-7-5-4-6-15(12)17)10-11-16(13(2)20)18(21)19-3/h4-10H,1-3H3,(H,19,21). The first-order valence-corrected chi connectivity index (χ1v) is 6.72. The lowest BCUT2D eigenvalue weighted by Crippen LogP contribution is -2.23. The predicted molar refractivity (Wildman–Crippen MR) is 84.9 cm³/mol. The number of benzene rings is 2. The van der Waals surface area contributed by atoms with E-state index in [9.17, 15) is 9.59 Å². The third kappa shape index (κ3) is 3.10. The fourth-order valence-electron chi connectivity index (χ4n) is 2.20. The first kappa shape index (κ1) is 14.8. The maximum atomic E-state index is 11.6. The molecule has 0 spiro atoms. The van der Waals surface area contributed by atoms with Gasteiger partial charge in [-0.15, -0.1) is 5.73 Å². The molecule has 1 amide bonds. The first-order chi connectivity index (χ1) is 10.0. The molecule has 0 saturated carbocycles. The number of rotatable bonds is 3. The quantitative estimate of drug-likeness (QED) is 0.406. The number of carbonyl (C=O) groups excluding carboxylic acids is 2. The van der Waals surface area contributed by atoms with Crippen molar-refractivity contribution in [3.05, 3.63) is 58.8 Å². The van der Waals surface area contributed by atoms with E-state index in [1.54, 1.807) is 6.08 Å². The Morgan fingerprint density at radius 3 is 2.38 bits per heavy atom. The molecular formula is C18H17NO2. The zero-order chi connectivity index (χ0) is 15.4. The van der Waals surface area contributed by atoms with Crippen molar-refractivity contribution in [3.63, 3.8) is 0 Å². The number of Topliss-reactive ketones (excluding diaryl/α,β-unsaturated/α-hetero) is 1. The molecule has 0 bridgehead atoms. The second-order valence-electron chi connectivity index (χ2n) is 4.82. The molecule has 21 heavy (non-hydrogen) atoms. The van der Waals surface area contributed by atoms with Crippen LogP contribution < -0.4 is 5.32 Å². The summed E-state index contributed by atoms with van der Waals surface area (Å²) in [6.07, 6.45) is 1.69. The highest BCUT2D eigenvalue weighted by atomic mass is 16.2. The maximum Gasteiger partial charge on any atom is 0.262 e. The Hall–Kier alpha value is -2.64. The molecule has 0 unspecified atom stereocenters. The van der Waals surface area contributed by atoms with Crippen molar-refractivity contribution in [1.82, 2.24) is 5.32 Å². The topological polar surface area (TPSA) is 46.2 Å². The second kappa shape index (κ2) is 6.21. The van der Waals surface area contributed by atoms with Gasteiger partial charge in [-0.2, -0.15) is 0 Å². The van der Waals surface area contributed by atoms with E-state index in [1.165, 1.54) is 19.5 Å². The van der Waals surface area contributed by atoms with Crippen molar-refractivity contribution in [2.45, 2.75) is 13.8 Å². The highest BCUT2D eigenvalue weighted by molar-refractivity contribution is 6.18. The van der Waals surface area contributed by atoms with Crippen LogP contribution in [-0.4, -0.2) is 18.7 Å². The molecule has 3 nitrogen and oxygen atoms in total. The van der Waals surface area contributed by atoms with Crippen LogP contribution in [0.15, 0.2) is 47.7 Å². The molecular weight excluding hydrogens is 262 g/mol. The van der Waals surface area contributed by atoms with Gasteiger partial charge in [-0.1, -0.05) is 36.4 Å². The molecule has 2 rings (SSSR count). The molecule has 0 atom stereocenters. The van der Waals surface area contributed by atoms with Crippen LogP contribution >= 0.6 is 0 Å². The third-order valence-corrected chi connectivity index (χ3v) is 3.35. The molecule has 0 heterocycles. The normalized spacial score (nSPS) is 9.86. The first-order valence-electron chi connectivity index (χ1n) is 6.72. The van der Waals surface area contributed by atoms with Crippen molar-refractivity contribution < 1.29 is 9.59 Å². The summed E-state index contributed by atoms with van der Waals surface area (Å²) in [5.74, 6) is -0.725. The number of amides is 1. The number of hydrogen-bond donors (Lipinski definition) is 1. The van der Waals surface area contributed by atoms with Crippen LogP contribution in [0.3, 0.4) is 0 Å². The molecule has 0 aliphatic carbocycles. The lowest BCUT2D eigenvalue weighted by atomic mass is 10.00. The van der Waals surface area contributed by atoms with Gasteiger partial charge in [-0.25, -0.2) is 0 Å². The van der Waals surface area contributed by atoms with Gasteiger partial charge in [0.2, 0.25) is 0 Å². The fraction of sp³-hybridized carbons (Fsp3) is 0.167. The summed E-state index contributed by atoms with van der Waals surface area (Å²) >= 11 is 0. The average molecular weight is 279 g/mol. The SMILES string of the molecule is CNC(=O)C(=C=Cc1ccc(C)c2ccccc12)C(C)=O. The zero-order valence-corrected chi connectivity index (χ0v) is 12.4. The molecule has 106 valence electrons. The number of aryl methyl sites for hydroxylation is 1. The summed E-state index contributed by atoms with van der Waals surface area (Å²) in [7, 11) is 1.49. The van der Waals surface area contributed by atoms with E-state index in [-0.39, 0.29) is 11.4 Å². The van der Waals surface area contributed by atoms with Crippen LogP contribution in [0.25, 0.3) is 16.8 Å². The molecule has 0 aromatic heterocycles. The molecule has 0 radical (unpaired) electrons. The van der Waals surface area contributed by atoms with Gasteiger partial charge < -0.3 is 5.32 Å². The van der Waals surface area contributed by atoms with Crippen molar-refractivity contribution in [1.29, 1.82) is 0 Å². The smallest absolute Gasteiger partial charge is 0.262 e. The van der Waals surface area contributed by atoms with E-state index in [4.69, 9.17) is 0 Å². The average Bonchev–Trinajstić information content (AvgIpc) is 2.49. The number of fused-ring (bicyclic) bond motifs is 1. The minimum Gasteiger partial charge on any atom is -0.354 e. The number of nitrogens with one attached hydrogen (secondary N) is 1. The Labute approximate surface area is 124 Å². The van der Waals surface area contributed by atoms with E-state index < -0.39 is 5.91 Å². The Balaban J connectivity index is 2.63. The monoisotopic (exact) mass is 279 g/mol. The van der Waals surface area contributed by atoms with Crippen LogP contribution in [0, 0.1) is 6.92 Å². The van der Waals surface area contributed by atoms with Crippen molar-refractivity contribution in [2.24, 2.45) is 0 Å². The number of ketones is 1. The molecule has 2 aromatic carbocycles. The molecule has 3 heteroatoms. The van der Waals surface area contributed by atoms with Gasteiger partial charge in [-0.05, 0) is 41.8 Å². The van der Waals surface area contributed by atoms with Gasteiger partial charge in [0.25, 0.3) is 5.91 Å². The van der Waals surface area contributed by atoms with E-state index in [2.05, 4.69) is 24.0 Å². The van der Waals surface area contributed by atoms with E-state index in [0.29, 0.717) is 0 Å². The van der Waals surface area contributed by atoms with Crippen molar-refractivity contribution in [3.8, 4) is 0 Å². The van der Waals surface area contributed by atoms with E-state index >= 15 is 0 Å². The van der Waals surface area contributed by atoms with Crippen molar-refractivity contribution >= 4 is 28.5 Å². The highest BCUT2D eigenvalue weighted by Gasteiger charge is 2.11. The number of carbonyl (C=O) groups is 2. The maximum absolute atomic E-state index is 11.6. The number of hydrogen-bond acceptors (Lipinski definition) is 2. The Morgan fingerprint density at radius 2 is 1.76 bits per heavy atom. The van der Waals surface area contributed by atoms with Crippen LogP contribution in [0.1, 0.15) is 18.1 Å². The molecule has 0 aliphatic rings. The summed E-state index contributed by atoms with van der Waals surface area (Å²) in [6, 6.07) is 12.0. The van der Waals surface area contributed by atoms with Crippen LogP contribution in [-0.2, 0) is 9.59 Å². The Morgan fingerprint density at radius 1 is 1.10 bits per heavy atom. The molecule has 1 N–H and O–H groups in total. The van der Waals surface area contributed by atoms with Gasteiger partial charge in [-0.3, -0.25) is 9.59 Å². The predicted octanol–water partition coefficient (Wildman–Crippen LogP) is 3.02. The van der Waals surface area contributed by atoms with E-state index in [1.807, 2.05) is 30.3 Å². The molecule has 0 saturated heterocycles. The lowest BCUT2D eigenvalue weighted by molar-refractivity contribution is -0.121. The third-order valence-electron chi connectivity index (χ3n) is 3.35. The van der Waals surface area contributed by atoms with Crippen molar-refractivity contribution in [2.75, 3.05) is 7.05 Å². The Kier molecular flexibility index (Phi) is 4.36. The van der Waals surface area contributed by atoms with Gasteiger partial charge in [0.1, 0.15) is 5.57 Å². The van der Waals surface area contributed by atoms with Crippen LogP contribution in [0.5, 0.6) is 0 Å². The molecule has 0 aliphatic heterocycles. The summed E-state index contributed by atoms with van der Waals surface area (Å²) in [5, 5.41) is 4.67. The summed E-state index contributed by atoms with van der Waals surface area (Å²) in [6.45, 7) is 3.41. The zero-order valence-electron chi connectivity index (χ0n) is 12.4. The van der Waals surface area contributed by atoms with Gasteiger partial charge >= 0.3 is 0 Å². The summed E-state index contributed by atoms with van der Waals surface area (Å²) in [4.78, 5) is 23.1. The van der Waals surface area contributed by atoms with Gasteiger partial charge in [0, 0.05) is 7.05 Å². The van der Waals surface area contributed by atoms with Crippen LogP contribution in [0.4, 0.5) is 0 Å². The molecule has 0 fully saturated rings. The van der Waals surface area contributed by atoms with Gasteiger partial charge in [0.15, 0.2) is 5.78 Å². The summed E-state index contributed by atoms with van der Waals surface area (Å²) in [5.41, 5.74) is 4.97. The molecule has 2 aromatic rings. The Bertz CT molecular complexity index is 781. The van der Waals surface area contributed by atoms with Crippen LogP contribution in [0.2, 0.25) is 0 Å². The minimum absolute atomic E-state index is 0.0298. The second-order valence-corrected chi connectivity index (χ2v) is 4.82. The van der Waals surface area contributed by atoms with Gasteiger partial charge in [0.05, 0.1) is 0 Å². The largest absolute Gasteiger partial charge is 0.354 e.